The SMILES string of the molecule is N#Cc1cccc(CSc2ccc(N)cc2Br)c1F. The summed E-state index contributed by atoms with van der Waals surface area (Å²) in [5, 5.41) is 8.78. The van der Waals surface area contributed by atoms with Crippen LogP contribution >= 0.6 is 27.7 Å². The Kier molecular flexibility index (Phi) is 4.46. The minimum atomic E-state index is -0.441. The zero-order valence-electron chi connectivity index (χ0n) is 9.86. The van der Waals surface area contributed by atoms with E-state index >= 15 is 0 Å². The molecule has 0 bridgehead atoms. The quantitative estimate of drug-likeness (QED) is 0.670. The number of anilines is 1. The highest BCUT2D eigenvalue weighted by atomic mass is 79.9. The van der Waals surface area contributed by atoms with Crippen LogP contribution in [0.2, 0.25) is 0 Å². The van der Waals surface area contributed by atoms with Gasteiger partial charge in [-0.05, 0) is 45.8 Å². The van der Waals surface area contributed by atoms with E-state index in [4.69, 9.17) is 11.0 Å². The van der Waals surface area contributed by atoms with Crippen LogP contribution in [0.4, 0.5) is 10.1 Å². The monoisotopic (exact) mass is 336 g/mol. The lowest BCUT2D eigenvalue weighted by molar-refractivity contribution is 0.613. The van der Waals surface area contributed by atoms with E-state index in [-0.39, 0.29) is 5.56 Å². The molecule has 2 nitrogen and oxygen atoms in total. The topological polar surface area (TPSA) is 49.8 Å². The molecule has 0 fully saturated rings. The number of nitrogens with two attached hydrogens (primary N) is 1. The minimum Gasteiger partial charge on any atom is -0.399 e. The number of nitrogen functional groups attached to an aromatic ring is 1. The molecular formula is C14H10BrFN2S. The molecule has 19 heavy (non-hydrogen) atoms. The second kappa shape index (κ2) is 6.09. The molecule has 0 saturated heterocycles. The molecule has 96 valence electrons. The maximum Gasteiger partial charge on any atom is 0.144 e. The molecule has 0 unspecified atom stereocenters. The summed E-state index contributed by atoms with van der Waals surface area (Å²) in [4.78, 5) is 0.982. The average molecular weight is 337 g/mol. The molecule has 0 aliphatic rings. The Morgan fingerprint density at radius 2 is 2.11 bits per heavy atom. The second-order valence-electron chi connectivity index (χ2n) is 3.87. The third-order valence-electron chi connectivity index (χ3n) is 2.54. The number of benzene rings is 2. The Hall–Kier alpha value is -1.51. The van der Waals surface area contributed by atoms with Crippen molar-refractivity contribution in [3.05, 3.63) is 57.8 Å². The van der Waals surface area contributed by atoms with Crippen molar-refractivity contribution in [1.82, 2.24) is 0 Å². The van der Waals surface area contributed by atoms with Crippen LogP contribution in [0.25, 0.3) is 0 Å². The van der Waals surface area contributed by atoms with Gasteiger partial charge in [0, 0.05) is 20.8 Å². The van der Waals surface area contributed by atoms with Crippen molar-refractivity contribution in [3.63, 3.8) is 0 Å². The molecular weight excluding hydrogens is 327 g/mol. The lowest BCUT2D eigenvalue weighted by Gasteiger charge is -2.07. The van der Waals surface area contributed by atoms with E-state index in [1.54, 1.807) is 18.2 Å². The van der Waals surface area contributed by atoms with E-state index in [1.807, 2.05) is 18.2 Å². The highest BCUT2D eigenvalue weighted by Crippen LogP contribution is 2.32. The highest BCUT2D eigenvalue weighted by Gasteiger charge is 2.09. The average Bonchev–Trinajstić information content (AvgIpc) is 2.39. The highest BCUT2D eigenvalue weighted by molar-refractivity contribution is 9.10. The third-order valence-corrected chi connectivity index (χ3v) is 4.58. The first-order valence-corrected chi connectivity index (χ1v) is 7.25. The van der Waals surface area contributed by atoms with Gasteiger partial charge in [-0.15, -0.1) is 11.8 Å². The van der Waals surface area contributed by atoms with Crippen LogP contribution in [0, 0.1) is 17.1 Å². The summed E-state index contributed by atoms with van der Waals surface area (Å²) < 4.78 is 14.8. The normalized spacial score (nSPS) is 10.2. The number of hydrogen-bond acceptors (Lipinski definition) is 3. The van der Waals surface area contributed by atoms with Crippen molar-refractivity contribution in [2.24, 2.45) is 0 Å². The Labute approximate surface area is 123 Å². The summed E-state index contributed by atoms with van der Waals surface area (Å²) in [7, 11) is 0. The summed E-state index contributed by atoms with van der Waals surface area (Å²) >= 11 is 4.91. The molecule has 2 aromatic rings. The van der Waals surface area contributed by atoms with Crippen LogP contribution in [0.5, 0.6) is 0 Å². The minimum absolute atomic E-state index is 0.0782. The molecule has 0 atom stereocenters. The number of thioether (sulfide) groups is 1. The van der Waals surface area contributed by atoms with Crippen LogP contribution in [0.1, 0.15) is 11.1 Å². The fraction of sp³-hybridized carbons (Fsp3) is 0.0714. The Balaban J connectivity index is 2.17. The van der Waals surface area contributed by atoms with Crippen molar-refractivity contribution in [2.45, 2.75) is 10.6 Å². The maximum absolute atomic E-state index is 13.9. The zero-order valence-corrected chi connectivity index (χ0v) is 12.3. The van der Waals surface area contributed by atoms with Gasteiger partial charge in [-0.2, -0.15) is 5.26 Å². The Morgan fingerprint density at radius 3 is 2.79 bits per heavy atom. The lowest BCUT2D eigenvalue weighted by atomic mass is 10.1. The Bertz CT molecular complexity index is 652. The first kappa shape index (κ1) is 13.9. The molecule has 2 aromatic carbocycles. The van der Waals surface area contributed by atoms with Crippen molar-refractivity contribution < 1.29 is 4.39 Å². The molecule has 0 aromatic heterocycles. The number of nitrogens with zero attached hydrogens (tertiary/aromatic N) is 1. The standard InChI is InChI=1S/C14H10BrFN2S/c15-12-6-11(18)4-5-13(12)19-8-10-3-1-2-9(7-17)14(10)16/h1-6H,8,18H2. The zero-order chi connectivity index (χ0) is 13.8. The Morgan fingerprint density at radius 1 is 1.32 bits per heavy atom. The molecule has 5 heteroatoms. The molecule has 0 amide bonds. The van der Waals surface area contributed by atoms with Gasteiger partial charge in [0.05, 0.1) is 5.56 Å². The smallest absolute Gasteiger partial charge is 0.144 e. The summed E-state index contributed by atoms with van der Waals surface area (Å²) in [5.74, 6) is 0.0215. The predicted octanol–water partition coefficient (Wildman–Crippen LogP) is 4.33. The molecule has 0 radical (unpaired) electrons. The molecule has 0 heterocycles. The van der Waals surface area contributed by atoms with Crippen LogP contribution in [-0.2, 0) is 5.75 Å². The molecule has 0 saturated carbocycles. The van der Waals surface area contributed by atoms with Crippen molar-refractivity contribution in [2.75, 3.05) is 5.73 Å². The second-order valence-corrected chi connectivity index (χ2v) is 5.74. The summed E-state index contributed by atoms with van der Waals surface area (Å²) in [6.45, 7) is 0. The summed E-state index contributed by atoms with van der Waals surface area (Å²) in [6, 6.07) is 12.2. The summed E-state index contributed by atoms with van der Waals surface area (Å²) in [5.41, 5.74) is 6.94. The van der Waals surface area contributed by atoms with Gasteiger partial charge in [0.1, 0.15) is 11.9 Å². The number of halogens is 2. The van der Waals surface area contributed by atoms with E-state index < -0.39 is 5.82 Å². The fourth-order valence-corrected chi connectivity index (χ4v) is 3.20. The molecule has 0 spiro atoms. The van der Waals surface area contributed by atoms with Gasteiger partial charge in [-0.3, -0.25) is 0 Å². The van der Waals surface area contributed by atoms with Crippen molar-refractivity contribution in [3.8, 4) is 6.07 Å². The number of nitriles is 1. The third kappa shape index (κ3) is 3.28. The van der Waals surface area contributed by atoms with E-state index in [0.717, 1.165) is 9.37 Å². The van der Waals surface area contributed by atoms with Gasteiger partial charge in [0.25, 0.3) is 0 Å². The van der Waals surface area contributed by atoms with Crippen LogP contribution in [0.3, 0.4) is 0 Å². The van der Waals surface area contributed by atoms with Gasteiger partial charge in [0.2, 0.25) is 0 Å². The van der Waals surface area contributed by atoms with E-state index in [0.29, 0.717) is 17.0 Å². The van der Waals surface area contributed by atoms with Crippen LogP contribution in [0.15, 0.2) is 45.8 Å². The van der Waals surface area contributed by atoms with E-state index in [1.165, 1.54) is 17.8 Å². The summed E-state index contributed by atoms with van der Waals surface area (Å²) in [6.07, 6.45) is 0. The van der Waals surface area contributed by atoms with Crippen molar-refractivity contribution in [1.29, 1.82) is 5.26 Å². The first-order valence-electron chi connectivity index (χ1n) is 5.47. The first-order chi connectivity index (χ1) is 9.11. The maximum atomic E-state index is 13.9. The predicted molar refractivity (Wildman–Crippen MR) is 79.2 cm³/mol. The molecule has 0 aliphatic heterocycles. The molecule has 2 N–H and O–H groups in total. The van der Waals surface area contributed by atoms with Crippen LogP contribution < -0.4 is 5.73 Å². The van der Waals surface area contributed by atoms with E-state index in [2.05, 4.69) is 15.9 Å². The number of rotatable bonds is 3. The largest absolute Gasteiger partial charge is 0.399 e. The van der Waals surface area contributed by atoms with Crippen LogP contribution in [-0.4, -0.2) is 0 Å². The fourth-order valence-electron chi connectivity index (χ4n) is 1.57. The van der Waals surface area contributed by atoms with Gasteiger partial charge in [-0.1, -0.05) is 12.1 Å². The molecule has 2 rings (SSSR count). The van der Waals surface area contributed by atoms with Crippen molar-refractivity contribution >= 4 is 33.4 Å². The van der Waals surface area contributed by atoms with Gasteiger partial charge < -0.3 is 5.73 Å². The van der Waals surface area contributed by atoms with E-state index in [9.17, 15) is 4.39 Å². The van der Waals surface area contributed by atoms with Gasteiger partial charge in [0.15, 0.2) is 0 Å². The van der Waals surface area contributed by atoms with Gasteiger partial charge in [-0.25, -0.2) is 4.39 Å². The molecule has 0 aliphatic carbocycles. The lowest BCUT2D eigenvalue weighted by Crippen LogP contribution is -1.92. The number of hydrogen-bond donors (Lipinski definition) is 1. The van der Waals surface area contributed by atoms with Gasteiger partial charge >= 0.3 is 0 Å².